The summed E-state index contributed by atoms with van der Waals surface area (Å²) in [4.78, 5) is 102. The third-order valence-corrected chi connectivity index (χ3v) is 15.7. The van der Waals surface area contributed by atoms with Gasteiger partial charge >= 0.3 is 12.2 Å². The lowest BCUT2D eigenvalue weighted by atomic mass is 9.94. The molecule has 2 aliphatic carbocycles. The number of nitrogen functional groups attached to an aromatic ring is 2. The monoisotopic (exact) mass is 1200 g/mol. The van der Waals surface area contributed by atoms with Crippen molar-refractivity contribution in [2.24, 2.45) is 11.8 Å². The zero-order valence-corrected chi connectivity index (χ0v) is 48.5. The summed E-state index contributed by atoms with van der Waals surface area (Å²) in [7, 11) is 0. The predicted octanol–water partition coefficient (Wildman–Crippen LogP) is -0.378. The topological polar surface area (TPSA) is 414 Å². The first kappa shape index (κ1) is 62.5. The van der Waals surface area contributed by atoms with Gasteiger partial charge in [-0.25, -0.2) is 39.5 Å². The molecule has 10 atom stereocenters. The van der Waals surface area contributed by atoms with Crippen LogP contribution in [0.15, 0.2) is 12.7 Å². The fraction of sp³-hybridized carbons (Fsp3) is 0.643. The molecular weight excluding hydrogens is 1120 g/mol. The van der Waals surface area contributed by atoms with Crippen LogP contribution in [-0.4, -0.2) is 205 Å². The highest BCUT2D eigenvalue weighted by molar-refractivity contribution is 5.86. The van der Waals surface area contributed by atoms with E-state index in [0.29, 0.717) is 58.5 Å². The minimum Gasteiger partial charge on any atom is -0.444 e. The van der Waals surface area contributed by atoms with E-state index in [-0.39, 0.29) is 87.8 Å². The summed E-state index contributed by atoms with van der Waals surface area (Å²) in [6, 6.07) is 0.154. The summed E-state index contributed by atoms with van der Waals surface area (Å²) in [6.07, 6.45) is -1.26. The molecular formula is C56H76N16O14. The van der Waals surface area contributed by atoms with E-state index in [1.165, 1.54) is 21.8 Å². The van der Waals surface area contributed by atoms with Gasteiger partial charge in [0, 0.05) is 64.1 Å². The molecule has 4 aromatic rings. The largest absolute Gasteiger partial charge is 0.444 e. The third kappa shape index (κ3) is 14.6. The maximum atomic E-state index is 12.5. The minimum atomic E-state index is -1.43. The summed E-state index contributed by atoms with van der Waals surface area (Å²) in [5.41, 5.74) is 13.3. The molecule has 464 valence electrons. The molecule has 0 spiro atoms. The molecule has 6 amide bonds. The number of nitrogens with two attached hydrogens (primary N) is 2. The Morgan fingerprint density at radius 2 is 1.07 bits per heavy atom. The number of amides is 6. The Hall–Kier alpha value is -8.00. The van der Waals surface area contributed by atoms with Gasteiger partial charge in [-0.05, 0) is 75.0 Å². The van der Waals surface area contributed by atoms with E-state index in [4.69, 9.17) is 30.4 Å². The zero-order valence-electron chi connectivity index (χ0n) is 48.5. The number of nitrogens with zero attached hydrogens (tertiary/aromatic N) is 10. The first-order valence-electron chi connectivity index (χ1n) is 29.6. The Balaban J connectivity index is 0.000000194. The zero-order chi connectivity index (χ0) is 61.3. The van der Waals surface area contributed by atoms with E-state index in [0.717, 1.165) is 51.4 Å². The van der Waals surface area contributed by atoms with Gasteiger partial charge in [0.1, 0.15) is 41.6 Å². The number of piperidine rings is 2. The Labute approximate surface area is 495 Å². The van der Waals surface area contributed by atoms with Gasteiger partial charge in [0.25, 0.3) is 17.7 Å². The number of hydrogen-bond acceptors (Lipinski definition) is 22. The minimum absolute atomic E-state index is 0.0765. The summed E-state index contributed by atoms with van der Waals surface area (Å²) < 4.78 is 25.1. The second-order valence-electron chi connectivity index (χ2n) is 21.8. The number of aromatic nitrogens is 8. The van der Waals surface area contributed by atoms with E-state index in [2.05, 4.69) is 74.9 Å². The Morgan fingerprint density at radius 1 is 0.628 bits per heavy atom. The van der Waals surface area contributed by atoms with E-state index in [1.54, 1.807) is 9.80 Å². The fourth-order valence-electron chi connectivity index (χ4n) is 10.5. The number of likely N-dealkylation sites (tertiary alicyclic amines) is 2. The number of aliphatic hydroxyl groups excluding tert-OH is 4. The van der Waals surface area contributed by atoms with Crippen LogP contribution in [0.25, 0.3) is 22.3 Å². The number of ether oxygens (including phenoxy) is 4. The molecule has 30 heteroatoms. The Bertz CT molecular complexity index is 3240. The van der Waals surface area contributed by atoms with Gasteiger partial charge in [0.2, 0.25) is 17.6 Å². The van der Waals surface area contributed by atoms with Gasteiger partial charge in [-0.3, -0.25) is 28.3 Å². The molecule has 0 aromatic carbocycles. The SMILES string of the molecule is CC.CC.Nc1nc(C#CCC2CCN(C(=O)OC3CCNC3=O)CC2)nc2c1ncn2[C@@H]1O[C@H](C(=O)NC2CC2)[C@H](O)C1O.Nc1nc(C#CCC2CCN(C(=O)OC3CNC(=O)C3)CC2)nc2c1ncn2[C@@H]1O[C@H](C(=O)NC2CC2)[C@H](O)C1O. The van der Waals surface area contributed by atoms with Crippen LogP contribution in [-0.2, 0) is 38.1 Å². The van der Waals surface area contributed by atoms with Crippen LogP contribution in [0, 0.1) is 35.5 Å². The molecule has 2 saturated carbocycles. The van der Waals surface area contributed by atoms with Gasteiger partial charge in [0.15, 0.2) is 53.7 Å². The van der Waals surface area contributed by atoms with E-state index < -0.39 is 85.3 Å². The number of anilines is 2. The molecule has 8 aliphatic rings. The lowest BCUT2D eigenvalue weighted by molar-refractivity contribution is -0.138. The second-order valence-corrected chi connectivity index (χ2v) is 21.8. The number of nitrogens with one attached hydrogen (secondary N) is 4. The molecule has 12 rings (SSSR count). The quantitative estimate of drug-likeness (QED) is 0.0905. The average molecular weight is 1200 g/mol. The van der Waals surface area contributed by atoms with Gasteiger partial charge in [-0.15, -0.1) is 0 Å². The van der Waals surface area contributed by atoms with Gasteiger partial charge in [0.05, 0.1) is 25.6 Å². The molecule has 6 aliphatic heterocycles. The van der Waals surface area contributed by atoms with E-state index in [9.17, 15) is 49.2 Å². The molecule has 8 fully saturated rings. The van der Waals surface area contributed by atoms with E-state index >= 15 is 0 Å². The molecule has 4 unspecified atom stereocenters. The van der Waals surface area contributed by atoms with Gasteiger partial charge in [-0.1, -0.05) is 39.5 Å². The van der Waals surface area contributed by atoms with Crippen molar-refractivity contribution in [3.63, 3.8) is 0 Å². The first-order valence-corrected chi connectivity index (χ1v) is 29.6. The smallest absolute Gasteiger partial charge is 0.410 e. The average Bonchev–Trinajstić information content (AvgIpc) is 1.76. The van der Waals surface area contributed by atoms with Crippen molar-refractivity contribution in [2.45, 2.75) is 178 Å². The van der Waals surface area contributed by atoms with Crippen LogP contribution in [0.4, 0.5) is 21.2 Å². The summed E-state index contributed by atoms with van der Waals surface area (Å²) in [5.74, 6) is 11.8. The van der Waals surface area contributed by atoms with Crippen LogP contribution in [0.5, 0.6) is 0 Å². The number of fused-ring (bicyclic) bond motifs is 2. The normalized spacial score (nSPS) is 27.1. The van der Waals surface area contributed by atoms with Crippen molar-refractivity contribution in [1.29, 1.82) is 0 Å². The van der Waals surface area contributed by atoms with Crippen LogP contribution in [0.2, 0.25) is 0 Å². The molecule has 12 N–H and O–H groups in total. The molecule has 0 radical (unpaired) electrons. The van der Waals surface area contributed by atoms with Crippen molar-refractivity contribution in [3.05, 3.63) is 24.3 Å². The van der Waals surface area contributed by atoms with Crippen molar-refractivity contribution < 1.29 is 68.1 Å². The Morgan fingerprint density at radius 3 is 1.47 bits per heavy atom. The number of carbonyl (C=O) groups excluding carboxylic acids is 6. The number of imidazole rings is 2. The molecule has 10 heterocycles. The summed E-state index contributed by atoms with van der Waals surface area (Å²) in [6.45, 7) is 11.0. The highest BCUT2D eigenvalue weighted by Gasteiger charge is 2.50. The molecule has 30 nitrogen and oxygen atoms in total. The second kappa shape index (κ2) is 28.0. The number of hydrogen-bond donors (Lipinski definition) is 10. The van der Waals surface area contributed by atoms with Gasteiger partial charge < -0.3 is 81.9 Å². The summed E-state index contributed by atoms with van der Waals surface area (Å²) >= 11 is 0. The highest BCUT2D eigenvalue weighted by atomic mass is 16.6. The highest BCUT2D eigenvalue weighted by Crippen LogP contribution is 2.35. The van der Waals surface area contributed by atoms with Crippen LogP contribution in [0.3, 0.4) is 0 Å². The molecule has 0 bridgehead atoms. The molecule has 6 saturated heterocycles. The van der Waals surface area contributed by atoms with E-state index in [1.807, 2.05) is 27.7 Å². The van der Waals surface area contributed by atoms with Crippen molar-refractivity contribution in [3.8, 4) is 23.7 Å². The molecule has 86 heavy (non-hydrogen) atoms. The number of aliphatic hydroxyl groups is 4. The maximum Gasteiger partial charge on any atom is 0.410 e. The maximum absolute atomic E-state index is 12.5. The molecule has 4 aromatic heterocycles. The first-order chi connectivity index (χ1) is 41.5. The van der Waals surface area contributed by atoms with Crippen molar-refractivity contribution in [1.82, 2.24) is 70.1 Å². The summed E-state index contributed by atoms with van der Waals surface area (Å²) in [5, 5.41) is 53.1. The standard InChI is InChI=1S/2C26H32N8O7.2C2H6/c27-21-17-22(34(12-29-17)25-19(36)18(35)20(41-25)24(38)30-14-4-5-14)32-16(31-21)3-1-2-13-7-10-33(11-8-13)26(39)40-15-6-9-28-23(15)37;27-22-18-23(34(12-29-18)25-20(37)19(36)21(41-25)24(38)30-14-4-5-14)32-16(31-22)3-1-2-13-6-8-33(9-7-13)26(39)40-15-10-17(35)28-11-15;2*1-2/h12-15,18-20,25,35-36H,2,4-11H2,(H,28,37)(H,30,38)(H2,27,31,32);12-15,19-21,25,36-37H,2,4-11H2,(H,28,35)(H,30,38)(H2,27,31,32);2*1-2H3/t15?,18-,19?,20+,25-;15?,19-,20?,21+,25-;;/m11../s1. The lowest BCUT2D eigenvalue weighted by Crippen LogP contribution is -2.43. The van der Waals surface area contributed by atoms with Gasteiger partial charge in [-0.2, -0.15) is 0 Å². The fourth-order valence-corrected chi connectivity index (χ4v) is 10.5. The number of rotatable bonds is 10. The predicted molar refractivity (Wildman–Crippen MR) is 304 cm³/mol. The van der Waals surface area contributed by atoms with Crippen LogP contribution in [0.1, 0.15) is 129 Å². The van der Waals surface area contributed by atoms with Crippen LogP contribution >= 0.6 is 0 Å². The van der Waals surface area contributed by atoms with Crippen molar-refractivity contribution >= 4 is 69.8 Å². The lowest BCUT2D eigenvalue weighted by Gasteiger charge is -2.31. The Kier molecular flexibility index (Phi) is 20.4. The van der Waals surface area contributed by atoms with Crippen LogP contribution < -0.4 is 32.7 Å². The third-order valence-electron chi connectivity index (χ3n) is 15.7. The number of carbonyl (C=O) groups is 6. The van der Waals surface area contributed by atoms with Crippen molar-refractivity contribution in [2.75, 3.05) is 50.7 Å².